The molecule has 0 saturated carbocycles. The number of hydrogen-bond acceptors (Lipinski definition) is 4. The van der Waals surface area contributed by atoms with Crippen LogP contribution in [0.1, 0.15) is 15.9 Å². The summed E-state index contributed by atoms with van der Waals surface area (Å²) in [5, 5.41) is 5.06. The number of benzene rings is 1. The number of nitrogens with zero attached hydrogens (tertiary/aromatic N) is 1. The van der Waals surface area contributed by atoms with E-state index in [1.54, 1.807) is 27.1 Å². The number of carbonyl (C=O) groups excluding carboxylic acids is 1. The van der Waals surface area contributed by atoms with Crippen molar-refractivity contribution in [3.8, 4) is 0 Å². The Balaban J connectivity index is 3.09. The standard InChI is InChI=1S/C12H18N2O4S/c1-9-4-5-10(19(13,16)17)8-11(9)12(15)14(2)6-7-18-3/h4-5,8H,6-7H2,1-3H3,(H2,13,16,17). The largest absolute Gasteiger partial charge is 0.383 e. The first-order valence-electron chi connectivity index (χ1n) is 5.65. The molecule has 0 saturated heterocycles. The van der Waals surface area contributed by atoms with E-state index in [9.17, 15) is 13.2 Å². The Morgan fingerprint density at radius 3 is 2.58 bits per heavy atom. The zero-order valence-corrected chi connectivity index (χ0v) is 12.0. The molecule has 7 heteroatoms. The Hall–Kier alpha value is -1.44. The third-order valence-electron chi connectivity index (χ3n) is 2.75. The molecular formula is C12H18N2O4S. The van der Waals surface area contributed by atoms with Crippen molar-refractivity contribution < 1.29 is 17.9 Å². The average Bonchev–Trinajstić information content (AvgIpc) is 2.34. The lowest BCUT2D eigenvalue weighted by Gasteiger charge is -2.18. The van der Waals surface area contributed by atoms with Gasteiger partial charge in [-0.2, -0.15) is 0 Å². The van der Waals surface area contributed by atoms with Gasteiger partial charge in [0.15, 0.2) is 0 Å². The molecule has 0 fully saturated rings. The van der Waals surface area contributed by atoms with Crippen LogP contribution < -0.4 is 5.14 Å². The number of primary sulfonamides is 1. The zero-order chi connectivity index (χ0) is 14.6. The van der Waals surface area contributed by atoms with Crippen LogP contribution in [0.4, 0.5) is 0 Å². The topological polar surface area (TPSA) is 89.7 Å². The lowest BCUT2D eigenvalue weighted by molar-refractivity contribution is 0.0743. The molecule has 0 aromatic heterocycles. The van der Waals surface area contributed by atoms with Crippen LogP contribution in [-0.4, -0.2) is 46.5 Å². The lowest BCUT2D eigenvalue weighted by Crippen LogP contribution is -2.30. The summed E-state index contributed by atoms with van der Waals surface area (Å²) < 4.78 is 27.5. The van der Waals surface area contributed by atoms with Gasteiger partial charge in [0.2, 0.25) is 10.0 Å². The highest BCUT2D eigenvalue weighted by Crippen LogP contribution is 2.16. The number of aryl methyl sites for hydroxylation is 1. The van der Waals surface area contributed by atoms with Crippen LogP contribution in [0.25, 0.3) is 0 Å². The van der Waals surface area contributed by atoms with Crippen LogP contribution in [-0.2, 0) is 14.8 Å². The predicted octanol–water partition coefficient (Wildman–Crippen LogP) is 0.361. The molecular weight excluding hydrogens is 268 g/mol. The van der Waals surface area contributed by atoms with Crippen molar-refractivity contribution >= 4 is 15.9 Å². The molecule has 2 N–H and O–H groups in total. The molecule has 0 aliphatic carbocycles. The molecule has 0 atom stereocenters. The summed E-state index contributed by atoms with van der Waals surface area (Å²) in [4.78, 5) is 13.6. The first-order chi connectivity index (χ1) is 8.77. The quantitative estimate of drug-likeness (QED) is 0.846. The summed E-state index contributed by atoms with van der Waals surface area (Å²) in [5.41, 5.74) is 1.02. The van der Waals surface area contributed by atoms with Crippen molar-refractivity contribution in [2.75, 3.05) is 27.3 Å². The van der Waals surface area contributed by atoms with E-state index >= 15 is 0 Å². The summed E-state index contributed by atoms with van der Waals surface area (Å²) >= 11 is 0. The van der Waals surface area contributed by atoms with Crippen molar-refractivity contribution in [3.63, 3.8) is 0 Å². The second-order valence-corrected chi connectivity index (χ2v) is 5.80. The van der Waals surface area contributed by atoms with E-state index in [0.29, 0.717) is 24.3 Å². The first-order valence-corrected chi connectivity index (χ1v) is 7.20. The van der Waals surface area contributed by atoms with E-state index in [4.69, 9.17) is 9.88 Å². The molecule has 1 rings (SSSR count). The second kappa shape index (κ2) is 6.14. The van der Waals surface area contributed by atoms with Gasteiger partial charge >= 0.3 is 0 Å². The molecule has 1 aromatic carbocycles. The van der Waals surface area contributed by atoms with E-state index in [1.165, 1.54) is 17.0 Å². The molecule has 0 spiro atoms. The van der Waals surface area contributed by atoms with Crippen molar-refractivity contribution in [2.24, 2.45) is 5.14 Å². The smallest absolute Gasteiger partial charge is 0.253 e. The van der Waals surface area contributed by atoms with Crippen molar-refractivity contribution in [2.45, 2.75) is 11.8 Å². The number of rotatable bonds is 5. The van der Waals surface area contributed by atoms with Gasteiger partial charge in [0.1, 0.15) is 0 Å². The van der Waals surface area contributed by atoms with Crippen LogP contribution in [0.15, 0.2) is 23.1 Å². The minimum absolute atomic E-state index is 0.0680. The van der Waals surface area contributed by atoms with Crippen molar-refractivity contribution in [1.82, 2.24) is 4.90 Å². The number of nitrogens with two attached hydrogens (primary N) is 1. The number of hydrogen-bond donors (Lipinski definition) is 1. The monoisotopic (exact) mass is 286 g/mol. The third-order valence-corrected chi connectivity index (χ3v) is 3.66. The highest BCUT2D eigenvalue weighted by atomic mass is 32.2. The maximum absolute atomic E-state index is 12.2. The van der Waals surface area contributed by atoms with Gasteiger partial charge in [0.05, 0.1) is 11.5 Å². The van der Waals surface area contributed by atoms with Gasteiger partial charge < -0.3 is 9.64 Å². The van der Waals surface area contributed by atoms with Gasteiger partial charge in [0.25, 0.3) is 5.91 Å². The van der Waals surface area contributed by atoms with E-state index in [0.717, 1.165) is 0 Å². The Labute approximate surface area is 113 Å². The molecule has 0 aliphatic heterocycles. The Morgan fingerprint density at radius 2 is 2.05 bits per heavy atom. The molecule has 0 aliphatic rings. The van der Waals surface area contributed by atoms with Crippen LogP contribution in [0.2, 0.25) is 0 Å². The molecule has 0 bridgehead atoms. The number of carbonyl (C=O) groups is 1. The summed E-state index contributed by atoms with van der Waals surface area (Å²) in [6.07, 6.45) is 0. The van der Waals surface area contributed by atoms with Crippen LogP contribution >= 0.6 is 0 Å². The highest BCUT2D eigenvalue weighted by Gasteiger charge is 2.17. The normalized spacial score (nSPS) is 11.4. The van der Waals surface area contributed by atoms with E-state index < -0.39 is 10.0 Å². The fourth-order valence-electron chi connectivity index (χ4n) is 1.54. The maximum atomic E-state index is 12.2. The SMILES string of the molecule is COCCN(C)C(=O)c1cc(S(N)(=O)=O)ccc1C. The van der Waals surface area contributed by atoms with E-state index in [1.807, 2.05) is 0 Å². The predicted molar refractivity (Wildman–Crippen MR) is 71.4 cm³/mol. The third kappa shape index (κ3) is 4.02. The van der Waals surface area contributed by atoms with E-state index in [-0.39, 0.29) is 10.8 Å². The number of sulfonamides is 1. The Kier molecular flexibility index (Phi) is 5.04. The van der Waals surface area contributed by atoms with Gasteiger partial charge in [0, 0.05) is 26.3 Å². The van der Waals surface area contributed by atoms with Gasteiger partial charge in [-0.25, -0.2) is 13.6 Å². The minimum atomic E-state index is -3.81. The van der Waals surface area contributed by atoms with Gasteiger partial charge in [-0.15, -0.1) is 0 Å². The molecule has 0 heterocycles. The molecule has 0 unspecified atom stereocenters. The fraction of sp³-hybridized carbons (Fsp3) is 0.417. The summed E-state index contributed by atoms with van der Waals surface area (Å²) in [5.74, 6) is -0.264. The average molecular weight is 286 g/mol. The Bertz CT molecular complexity index is 569. The zero-order valence-electron chi connectivity index (χ0n) is 11.2. The molecule has 1 amide bonds. The van der Waals surface area contributed by atoms with Gasteiger partial charge in [-0.1, -0.05) is 6.07 Å². The van der Waals surface area contributed by atoms with Crippen LogP contribution in [0, 0.1) is 6.92 Å². The maximum Gasteiger partial charge on any atom is 0.253 e. The summed E-state index contributed by atoms with van der Waals surface area (Å²) in [6.45, 7) is 2.58. The van der Waals surface area contributed by atoms with Crippen molar-refractivity contribution in [3.05, 3.63) is 29.3 Å². The van der Waals surface area contributed by atoms with Gasteiger partial charge in [-0.3, -0.25) is 4.79 Å². The Morgan fingerprint density at radius 1 is 1.42 bits per heavy atom. The van der Waals surface area contributed by atoms with Crippen LogP contribution in [0.3, 0.4) is 0 Å². The van der Waals surface area contributed by atoms with Crippen molar-refractivity contribution in [1.29, 1.82) is 0 Å². The number of amides is 1. The molecule has 106 valence electrons. The van der Waals surface area contributed by atoms with E-state index in [2.05, 4.69) is 0 Å². The molecule has 6 nitrogen and oxygen atoms in total. The number of likely N-dealkylation sites (N-methyl/N-ethyl adjacent to an activating group) is 1. The fourth-order valence-corrected chi connectivity index (χ4v) is 2.08. The second-order valence-electron chi connectivity index (χ2n) is 4.24. The summed E-state index contributed by atoms with van der Waals surface area (Å²) in [6, 6.07) is 4.25. The van der Waals surface area contributed by atoms with Gasteiger partial charge in [-0.05, 0) is 24.6 Å². The minimum Gasteiger partial charge on any atom is -0.383 e. The summed E-state index contributed by atoms with van der Waals surface area (Å²) in [7, 11) is -0.637. The molecule has 0 radical (unpaired) electrons. The first kappa shape index (κ1) is 15.6. The highest BCUT2D eigenvalue weighted by molar-refractivity contribution is 7.89. The lowest BCUT2D eigenvalue weighted by atomic mass is 10.1. The number of ether oxygens (including phenoxy) is 1. The molecule has 19 heavy (non-hydrogen) atoms. The van der Waals surface area contributed by atoms with Crippen LogP contribution in [0.5, 0.6) is 0 Å². The molecule has 1 aromatic rings. The number of methoxy groups -OCH3 is 1.